The quantitative estimate of drug-likeness (QED) is 0.769. The van der Waals surface area contributed by atoms with E-state index in [4.69, 9.17) is 5.11 Å². The van der Waals surface area contributed by atoms with Crippen molar-refractivity contribution in [1.82, 2.24) is 5.32 Å². The molecule has 0 aromatic heterocycles. The zero-order chi connectivity index (χ0) is 14.5. The minimum atomic E-state index is -0.895. The summed E-state index contributed by atoms with van der Waals surface area (Å²) in [6.07, 6.45) is 2.44. The molecular weight excluding hydrogens is 256 g/mol. The fraction of sp³-hybridized carbons (Fsp3) is 0.467. The molecule has 2 rings (SSSR count). The highest BCUT2D eigenvalue weighted by Gasteiger charge is 2.20. The fourth-order valence-electron chi connectivity index (χ4n) is 2.49. The first-order chi connectivity index (χ1) is 9.61. The summed E-state index contributed by atoms with van der Waals surface area (Å²) in [5.41, 5.74) is 2.69. The molecule has 0 saturated carbocycles. The number of fused-ring (bicyclic) bond motifs is 1. The van der Waals surface area contributed by atoms with Crippen LogP contribution in [0.25, 0.3) is 0 Å². The van der Waals surface area contributed by atoms with E-state index in [9.17, 15) is 9.59 Å². The molecule has 5 heteroatoms. The molecule has 1 unspecified atom stereocenters. The predicted molar refractivity (Wildman–Crippen MR) is 77.1 cm³/mol. The van der Waals surface area contributed by atoms with Crippen molar-refractivity contribution in [3.8, 4) is 0 Å². The van der Waals surface area contributed by atoms with E-state index in [0.717, 1.165) is 30.6 Å². The number of hydrogen-bond donors (Lipinski definition) is 3. The molecule has 1 aromatic carbocycles. The summed E-state index contributed by atoms with van der Waals surface area (Å²) < 4.78 is 0. The van der Waals surface area contributed by atoms with Gasteiger partial charge in [-0.2, -0.15) is 0 Å². The van der Waals surface area contributed by atoms with E-state index in [1.807, 2.05) is 19.1 Å². The van der Waals surface area contributed by atoms with Crippen molar-refractivity contribution >= 4 is 17.6 Å². The Bertz CT molecular complexity index is 514. The van der Waals surface area contributed by atoms with Gasteiger partial charge >= 0.3 is 5.97 Å². The van der Waals surface area contributed by atoms with Crippen LogP contribution in [0.15, 0.2) is 18.2 Å². The highest BCUT2D eigenvalue weighted by atomic mass is 16.4. The first-order valence-corrected chi connectivity index (χ1v) is 7.00. The van der Waals surface area contributed by atoms with E-state index in [1.54, 1.807) is 6.07 Å². The normalized spacial score (nSPS) is 14.8. The minimum Gasteiger partial charge on any atom is -0.481 e. The van der Waals surface area contributed by atoms with Gasteiger partial charge in [0.25, 0.3) is 5.91 Å². The van der Waals surface area contributed by atoms with E-state index in [2.05, 4.69) is 10.6 Å². The maximum Gasteiger partial charge on any atom is 0.305 e. The molecule has 0 spiro atoms. The molecule has 0 saturated heterocycles. The highest BCUT2D eigenvalue weighted by molar-refractivity contribution is 5.97. The number of carboxylic acids is 1. The fourth-order valence-corrected chi connectivity index (χ4v) is 2.49. The molecule has 3 N–H and O–H groups in total. The van der Waals surface area contributed by atoms with E-state index in [0.29, 0.717) is 12.0 Å². The molecule has 0 radical (unpaired) electrons. The van der Waals surface area contributed by atoms with Gasteiger partial charge in [0.05, 0.1) is 6.42 Å². The molecular formula is C15H20N2O3. The van der Waals surface area contributed by atoms with Crippen LogP contribution in [0.3, 0.4) is 0 Å². The number of carboxylic acid groups (broad SMARTS) is 1. The molecule has 5 nitrogen and oxygen atoms in total. The average Bonchev–Trinajstić information content (AvgIpc) is 2.45. The lowest BCUT2D eigenvalue weighted by molar-refractivity contribution is -0.137. The third-order valence-electron chi connectivity index (χ3n) is 3.59. The van der Waals surface area contributed by atoms with Crippen LogP contribution in [0.4, 0.5) is 5.69 Å². The Morgan fingerprint density at radius 3 is 2.95 bits per heavy atom. The third-order valence-corrected chi connectivity index (χ3v) is 3.59. The second-order valence-electron chi connectivity index (χ2n) is 5.04. The average molecular weight is 276 g/mol. The Balaban J connectivity index is 2.14. The van der Waals surface area contributed by atoms with Crippen molar-refractivity contribution in [2.75, 3.05) is 11.9 Å². The zero-order valence-electron chi connectivity index (χ0n) is 11.6. The highest BCUT2D eigenvalue weighted by Crippen LogP contribution is 2.25. The summed E-state index contributed by atoms with van der Waals surface area (Å²) in [5.74, 6) is -1.08. The summed E-state index contributed by atoms with van der Waals surface area (Å²) in [6.45, 7) is 2.80. The molecule has 1 aliphatic rings. The van der Waals surface area contributed by atoms with Crippen LogP contribution in [0.1, 0.15) is 42.1 Å². The Hall–Kier alpha value is -2.04. The molecule has 1 atom stereocenters. The van der Waals surface area contributed by atoms with Gasteiger partial charge in [-0.3, -0.25) is 9.59 Å². The Labute approximate surface area is 118 Å². The topological polar surface area (TPSA) is 78.4 Å². The minimum absolute atomic E-state index is 0.0461. The Morgan fingerprint density at radius 2 is 2.25 bits per heavy atom. The van der Waals surface area contributed by atoms with E-state index < -0.39 is 5.97 Å². The van der Waals surface area contributed by atoms with Crippen molar-refractivity contribution in [1.29, 1.82) is 0 Å². The lowest BCUT2D eigenvalue weighted by Crippen LogP contribution is -2.36. The van der Waals surface area contributed by atoms with Crippen LogP contribution in [-0.2, 0) is 11.2 Å². The van der Waals surface area contributed by atoms with Crippen LogP contribution in [0.5, 0.6) is 0 Å². The van der Waals surface area contributed by atoms with E-state index in [-0.39, 0.29) is 18.4 Å². The summed E-state index contributed by atoms with van der Waals surface area (Å²) in [5, 5.41) is 14.9. The molecule has 108 valence electrons. The summed E-state index contributed by atoms with van der Waals surface area (Å²) in [6, 6.07) is 5.30. The molecule has 0 fully saturated rings. The number of rotatable bonds is 5. The number of amides is 1. The van der Waals surface area contributed by atoms with Crippen LogP contribution in [0.2, 0.25) is 0 Å². The summed E-state index contributed by atoms with van der Waals surface area (Å²) in [7, 11) is 0. The number of benzene rings is 1. The van der Waals surface area contributed by atoms with E-state index >= 15 is 0 Å². The maximum absolute atomic E-state index is 12.3. The predicted octanol–water partition coefficient (Wildman–Crippen LogP) is 2.03. The van der Waals surface area contributed by atoms with Crippen molar-refractivity contribution in [3.05, 3.63) is 29.3 Å². The summed E-state index contributed by atoms with van der Waals surface area (Å²) in [4.78, 5) is 23.1. The molecule has 0 bridgehead atoms. The smallest absolute Gasteiger partial charge is 0.305 e. The van der Waals surface area contributed by atoms with Crippen molar-refractivity contribution in [2.24, 2.45) is 0 Å². The van der Waals surface area contributed by atoms with Gasteiger partial charge in [-0.05, 0) is 37.0 Å². The number of aliphatic carboxylic acids is 1. The number of hydrogen-bond acceptors (Lipinski definition) is 3. The van der Waals surface area contributed by atoms with E-state index in [1.165, 1.54) is 0 Å². The first-order valence-electron chi connectivity index (χ1n) is 7.00. The van der Waals surface area contributed by atoms with Gasteiger partial charge in [-0.1, -0.05) is 13.0 Å². The SMILES string of the molecule is CCC(CC(=O)O)NC(=O)c1cccc2c1CCCN2. The van der Waals surface area contributed by atoms with Crippen LogP contribution < -0.4 is 10.6 Å². The number of nitrogens with one attached hydrogen (secondary N) is 2. The largest absolute Gasteiger partial charge is 0.481 e. The Morgan fingerprint density at radius 1 is 1.45 bits per heavy atom. The first kappa shape index (κ1) is 14.4. The van der Waals surface area contributed by atoms with Crippen molar-refractivity contribution in [3.63, 3.8) is 0 Å². The molecule has 1 aromatic rings. The van der Waals surface area contributed by atoms with Gasteiger partial charge in [0, 0.05) is 23.8 Å². The number of anilines is 1. The van der Waals surface area contributed by atoms with Gasteiger partial charge in [0.15, 0.2) is 0 Å². The molecule has 20 heavy (non-hydrogen) atoms. The monoisotopic (exact) mass is 276 g/mol. The molecule has 1 aliphatic heterocycles. The molecule has 1 heterocycles. The lowest BCUT2D eigenvalue weighted by atomic mass is 9.97. The Kier molecular flexibility index (Phi) is 4.61. The lowest BCUT2D eigenvalue weighted by Gasteiger charge is -2.22. The van der Waals surface area contributed by atoms with Gasteiger partial charge < -0.3 is 15.7 Å². The van der Waals surface area contributed by atoms with Gasteiger partial charge in [0.1, 0.15) is 0 Å². The second-order valence-corrected chi connectivity index (χ2v) is 5.04. The van der Waals surface area contributed by atoms with Crippen LogP contribution in [-0.4, -0.2) is 29.6 Å². The van der Waals surface area contributed by atoms with Crippen LogP contribution in [0, 0.1) is 0 Å². The summed E-state index contributed by atoms with van der Waals surface area (Å²) >= 11 is 0. The number of carbonyl (C=O) groups excluding carboxylic acids is 1. The van der Waals surface area contributed by atoms with Gasteiger partial charge in [-0.15, -0.1) is 0 Å². The van der Waals surface area contributed by atoms with Crippen LogP contribution >= 0.6 is 0 Å². The molecule has 1 amide bonds. The maximum atomic E-state index is 12.3. The standard InChI is InChI=1S/C15H20N2O3/c1-2-10(9-14(18)19)17-15(20)12-5-3-7-13-11(12)6-4-8-16-13/h3,5,7,10,16H,2,4,6,8-9H2,1H3,(H,17,20)(H,18,19). The van der Waals surface area contributed by atoms with Crippen molar-refractivity contribution in [2.45, 2.75) is 38.6 Å². The van der Waals surface area contributed by atoms with Gasteiger partial charge in [0.2, 0.25) is 0 Å². The zero-order valence-corrected chi connectivity index (χ0v) is 11.6. The van der Waals surface area contributed by atoms with Gasteiger partial charge in [-0.25, -0.2) is 0 Å². The third kappa shape index (κ3) is 3.29. The second kappa shape index (κ2) is 6.41. The number of carbonyl (C=O) groups is 2. The van der Waals surface area contributed by atoms with Crippen molar-refractivity contribution < 1.29 is 14.7 Å². The molecule has 0 aliphatic carbocycles.